The third kappa shape index (κ3) is 3.18. The molecule has 4 heteroatoms. The van der Waals surface area contributed by atoms with E-state index in [2.05, 4.69) is 26.0 Å². The van der Waals surface area contributed by atoms with Crippen molar-refractivity contribution in [1.29, 1.82) is 0 Å². The van der Waals surface area contributed by atoms with Crippen molar-refractivity contribution >= 4 is 10.9 Å². The summed E-state index contributed by atoms with van der Waals surface area (Å²) in [6.45, 7) is 4.34. The lowest BCUT2D eigenvalue weighted by atomic mass is 10.0. The lowest BCUT2D eigenvalue weighted by Gasteiger charge is -2.13. The van der Waals surface area contributed by atoms with Gasteiger partial charge < -0.3 is 9.47 Å². The maximum absolute atomic E-state index is 5.45. The van der Waals surface area contributed by atoms with Crippen LogP contribution >= 0.6 is 0 Å². The highest BCUT2D eigenvalue weighted by atomic mass is 16.5. The normalized spacial score (nSPS) is 11.0. The highest BCUT2D eigenvalue weighted by Crippen LogP contribution is 2.35. The molecule has 4 nitrogen and oxygen atoms in total. The first-order valence-corrected chi connectivity index (χ1v) is 8.10. The molecule has 0 fully saturated rings. The second-order valence-corrected chi connectivity index (χ2v) is 6.18. The average Bonchev–Trinajstić information content (AvgIpc) is 2.60. The summed E-state index contributed by atoms with van der Waals surface area (Å²) in [6, 6.07) is 14.1. The van der Waals surface area contributed by atoms with Crippen LogP contribution in [0.2, 0.25) is 0 Å². The number of benzene rings is 2. The third-order valence-electron chi connectivity index (χ3n) is 3.89. The molecule has 0 saturated carbocycles. The fraction of sp³-hybridized carbons (Fsp3) is 0.300. The minimum absolute atomic E-state index is 0.492. The lowest BCUT2D eigenvalue weighted by molar-refractivity contribution is 0.356. The Balaban J connectivity index is 2.29. The summed E-state index contributed by atoms with van der Waals surface area (Å²) >= 11 is 0. The van der Waals surface area contributed by atoms with E-state index in [-0.39, 0.29) is 0 Å². The Kier molecular flexibility index (Phi) is 4.65. The topological polar surface area (TPSA) is 44.2 Å². The van der Waals surface area contributed by atoms with Crippen LogP contribution in [0.1, 0.15) is 19.7 Å². The molecule has 0 atom stereocenters. The molecule has 124 valence electrons. The first-order chi connectivity index (χ1) is 11.6. The Morgan fingerprint density at radius 3 is 2.21 bits per heavy atom. The van der Waals surface area contributed by atoms with E-state index >= 15 is 0 Å². The molecule has 2 aromatic carbocycles. The molecule has 0 saturated heterocycles. The van der Waals surface area contributed by atoms with Gasteiger partial charge in [-0.15, -0.1) is 0 Å². The zero-order valence-corrected chi connectivity index (χ0v) is 14.5. The number of hydrogen-bond donors (Lipinski definition) is 0. The molecule has 3 aromatic rings. The molecular weight excluding hydrogens is 300 g/mol. The van der Waals surface area contributed by atoms with E-state index < -0.39 is 0 Å². The molecule has 0 aliphatic heterocycles. The SMILES string of the molecule is COc1cc2nc(CC(C)C)nc(-c3ccccc3)c2cc1OC. The van der Waals surface area contributed by atoms with Gasteiger partial charge in [-0.2, -0.15) is 0 Å². The van der Waals surface area contributed by atoms with Crippen LogP contribution in [0.15, 0.2) is 42.5 Å². The van der Waals surface area contributed by atoms with Crippen LogP contribution in [0.4, 0.5) is 0 Å². The first-order valence-electron chi connectivity index (χ1n) is 8.10. The summed E-state index contributed by atoms with van der Waals surface area (Å²) in [6.07, 6.45) is 0.837. The van der Waals surface area contributed by atoms with Crippen molar-refractivity contribution in [3.8, 4) is 22.8 Å². The Hall–Kier alpha value is -2.62. The van der Waals surface area contributed by atoms with E-state index in [1.165, 1.54) is 0 Å². The van der Waals surface area contributed by atoms with Crippen LogP contribution in [-0.4, -0.2) is 24.2 Å². The Morgan fingerprint density at radius 1 is 0.917 bits per heavy atom. The molecule has 1 aromatic heterocycles. The fourth-order valence-electron chi connectivity index (χ4n) is 2.78. The average molecular weight is 322 g/mol. The quantitative estimate of drug-likeness (QED) is 0.693. The van der Waals surface area contributed by atoms with Crippen LogP contribution in [0.25, 0.3) is 22.2 Å². The van der Waals surface area contributed by atoms with Crippen LogP contribution in [0.3, 0.4) is 0 Å². The van der Waals surface area contributed by atoms with Crippen molar-refractivity contribution in [2.45, 2.75) is 20.3 Å². The number of rotatable bonds is 5. The number of aromatic nitrogens is 2. The molecule has 0 N–H and O–H groups in total. The lowest BCUT2D eigenvalue weighted by Crippen LogP contribution is -2.03. The molecule has 3 rings (SSSR count). The second-order valence-electron chi connectivity index (χ2n) is 6.18. The number of nitrogens with zero attached hydrogens (tertiary/aromatic N) is 2. The predicted octanol–water partition coefficient (Wildman–Crippen LogP) is 4.51. The summed E-state index contributed by atoms with van der Waals surface area (Å²) < 4.78 is 10.9. The highest BCUT2D eigenvalue weighted by molar-refractivity contribution is 5.94. The number of methoxy groups -OCH3 is 2. The van der Waals surface area contributed by atoms with Gasteiger partial charge in [0, 0.05) is 23.4 Å². The molecule has 0 radical (unpaired) electrons. The van der Waals surface area contributed by atoms with Gasteiger partial charge in [0.1, 0.15) is 5.82 Å². The molecule has 1 heterocycles. The Bertz CT molecular complexity index is 845. The van der Waals surface area contributed by atoms with E-state index in [0.717, 1.165) is 34.4 Å². The van der Waals surface area contributed by atoms with Gasteiger partial charge in [-0.05, 0) is 12.0 Å². The summed E-state index contributed by atoms with van der Waals surface area (Å²) in [7, 11) is 3.28. The van der Waals surface area contributed by atoms with Crippen molar-refractivity contribution in [3.05, 3.63) is 48.3 Å². The largest absolute Gasteiger partial charge is 0.493 e. The Morgan fingerprint density at radius 2 is 1.58 bits per heavy atom. The molecular formula is C20H22N2O2. The van der Waals surface area contributed by atoms with Crippen molar-refractivity contribution in [3.63, 3.8) is 0 Å². The third-order valence-corrected chi connectivity index (χ3v) is 3.89. The molecule has 0 bridgehead atoms. The number of hydrogen-bond acceptors (Lipinski definition) is 4. The van der Waals surface area contributed by atoms with Gasteiger partial charge in [-0.25, -0.2) is 9.97 Å². The highest BCUT2D eigenvalue weighted by Gasteiger charge is 2.15. The summed E-state index contributed by atoms with van der Waals surface area (Å²) in [4.78, 5) is 9.57. The van der Waals surface area contributed by atoms with Gasteiger partial charge in [-0.3, -0.25) is 0 Å². The van der Waals surface area contributed by atoms with Gasteiger partial charge in [0.2, 0.25) is 0 Å². The van der Waals surface area contributed by atoms with Crippen molar-refractivity contribution in [2.75, 3.05) is 14.2 Å². The van der Waals surface area contributed by atoms with E-state index in [4.69, 9.17) is 19.4 Å². The summed E-state index contributed by atoms with van der Waals surface area (Å²) in [5, 5.41) is 0.964. The molecule has 0 unspecified atom stereocenters. The minimum Gasteiger partial charge on any atom is -0.493 e. The molecule has 0 spiro atoms. The minimum atomic E-state index is 0.492. The van der Waals surface area contributed by atoms with Crippen LogP contribution in [-0.2, 0) is 6.42 Å². The summed E-state index contributed by atoms with van der Waals surface area (Å²) in [5.74, 6) is 2.70. The zero-order chi connectivity index (χ0) is 17.1. The maximum atomic E-state index is 5.45. The van der Waals surface area contributed by atoms with Crippen LogP contribution in [0, 0.1) is 5.92 Å². The molecule has 0 aliphatic rings. The van der Waals surface area contributed by atoms with E-state index in [1.807, 2.05) is 30.3 Å². The van der Waals surface area contributed by atoms with E-state index in [0.29, 0.717) is 17.4 Å². The number of ether oxygens (including phenoxy) is 2. The van der Waals surface area contributed by atoms with Gasteiger partial charge in [0.15, 0.2) is 11.5 Å². The van der Waals surface area contributed by atoms with Gasteiger partial charge in [0.05, 0.1) is 25.4 Å². The maximum Gasteiger partial charge on any atom is 0.162 e. The molecule has 0 amide bonds. The van der Waals surface area contributed by atoms with Crippen molar-refractivity contribution < 1.29 is 9.47 Å². The van der Waals surface area contributed by atoms with Crippen molar-refractivity contribution in [1.82, 2.24) is 9.97 Å². The van der Waals surface area contributed by atoms with Gasteiger partial charge in [-0.1, -0.05) is 44.2 Å². The molecule has 0 aliphatic carbocycles. The monoisotopic (exact) mass is 322 g/mol. The van der Waals surface area contributed by atoms with Gasteiger partial charge in [0.25, 0.3) is 0 Å². The first kappa shape index (κ1) is 16.2. The standard InChI is InChI=1S/C20H22N2O2/c1-13(2)10-19-21-16-12-18(24-4)17(23-3)11-15(16)20(22-19)14-8-6-5-7-9-14/h5-9,11-13H,10H2,1-4H3. The van der Waals surface area contributed by atoms with E-state index in [9.17, 15) is 0 Å². The molecule has 24 heavy (non-hydrogen) atoms. The van der Waals surface area contributed by atoms with Gasteiger partial charge >= 0.3 is 0 Å². The summed E-state index contributed by atoms with van der Waals surface area (Å²) in [5.41, 5.74) is 2.87. The zero-order valence-electron chi connectivity index (χ0n) is 14.5. The number of fused-ring (bicyclic) bond motifs is 1. The van der Waals surface area contributed by atoms with E-state index in [1.54, 1.807) is 14.2 Å². The van der Waals surface area contributed by atoms with Crippen LogP contribution < -0.4 is 9.47 Å². The smallest absolute Gasteiger partial charge is 0.162 e. The second kappa shape index (κ2) is 6.87. The fourth-order valence-corrected chi connectivity index (χ4v) is 2.78. The Labute approximate surface area is 142 Å². The van der Waals surface area contributed by atoms with Crippen molar-refractivity contribution in [2.24, 2.45) is 5.92 Å². The van der Waals surface area contributed by atoms with Crippen LogP contribution in [0.5, 0.6) is 11.5 Å². The predicted molar refractivity (Wildman–Crippen MR) is 96.6 cm³/mol.